The minimum absolute atomic E-state index is 0.216. The van der Waals surface area contributed by atoms with Crippen LogP contribution in [0.25, 0.3) is 0 Å². The number of amides is 1. The summed E-state index contributed by atoms with van der Waals surface area (Å²) in [5.74, 6) is -1.03. The Morgan fingerprint density at radius 3 is 2.67 bits per heavy atom. The molecule has 116 valence electrons. The van der Waals surface area contributed by atoms with Gasteiger partial charge in [0.05, 0.1) is 12.1 Å². The van der Waals surface area contributed by atoms with Crippen LogP contribution in [-0.2, 0) is 16.1 Å². The summed E-state index contributed by atoms with van der Waals surface area (Å²) in [5, 5.41) is 11.9. The van der Waals surface area contributed by atoms with Crippen LogP contribution >= 0.6 is 11.6 Å². The lowest BCUT2D eigenvalue weighted by atomic mass is 10.2. The molecule has 0 aliphatic rings. The van der Waals surface area contributed by atoms with Gasteiger partial charge in [0, 0.05) is 6.54 Å². The molecular weight excluding hydrogens is 300 g/mol. The number of rotatable bonds is 8. The number of halogens is 1. The third kappa shape index (κ3) is 5.13. The second kappa shape index (κ2) is 7.70. The predicted octanol–water partition coefficient (Wildman–Crippen LogP) is 0.775. The van der Waals surface area contributed by atoms with Gasteiger partial charge in [0.15, 0.2) is 18.1 Å². The van der Waals surface area contributed by atoms with Gasteiger partial charge >= 0.3 is 5.97 Å². The molecule has 8 heteroatoms. The van der Waals surface area contributed by atoms with Crippen LogP contribution in [-0.4, -0.2) is 36.7 Å². The van der Waals surface area contributed by atoms with Crippen molar-refractivity contribution in [3.63, 3.8) is 0 Å². The first-order chi connectivity index (χ1) is 9.85. The molecule has 0 spiro atoms. The molecule has 1 aromatic rings. The van der Waals surface area contributed by atoms with E-state index < -0.39 is 17.9 Å². The Morgan fingerprint density at radius 2 is 2.14 bits per heavy atom. The predicted molar refractivity (Wildman–Crippen MR) is 76.6 cm³/mol. The number of aliphatic carboxylic acids is 1. The highest BCUT2D eigenvalue weighted by Crippen LogP contribution is 2.36. The summed E-state index contributed by atoms with van der Waals surface area (Å²) in [6.07, 6.45) is 0. The van der Waals surface area contributed by atoms with E-state index in [0.717, 1.165) is 5.56 Å². The lowest BCUT2D eigenvalue weighted by molar-refractivity contribution is -0.139. The van der Waals surface area contributed by atoms with Crippen LogP contribution in [0.2, 0.25) is 5.02 Å². The highest BCUT2D eigenvalue weighted by Gasteiger charge is 2.15. The number of primary amides is 1. The number of hydrogen-bond donors (Lipinski definition) is 3. The molecule has 0 aromatic heterocycles. The van der Waals surface area contributed by atoms with Gasteiger partial charge in [-0.2, -0.15) is 0 Å². The maximum atomic E-state index is 10.7. The first kappa shape index (κ1) is 17.1. The maximum Gasteiger partial charge on any atom is 0.320 e. The van der Waals surface area contributed by atoms with Crippen molar-refractivity contribution in [2.45, 2.75) is 19.5 Å². The highest BCUT2D eigenvalue weighted by molar-refractivity contribution is 6.32. The number of hydrogen-bond acceptors (Lipinski definition) is 5. The third-order valence-electron chi connectivity index (χ3n) is 2.63. The number of carbonyl (C=O) groups excluding carboxylic acids is 1. The van der Waals surface area contributed by atoms with Crippen LogP contribution in [0.15, 0.2) is 12.1 Å². The van der Waals surface area contributed by atoms with E-state index >= 15 is 0 Å². The second-order valence-corrected chi connectivity index (χ2v) is 4.71. The van der Waals surface area contributed by atoms with Crippen molar-refractivity contribution in [1.29, 1.82) is 0 Å². The first-order valence-corrected chi connectivity index (χ1v) is 6.46. The molecule has 0 fully saturated rings. The zero-order valence-electron chi connectivity index (χ0n) is 11.7. The molecule has 1 aromatic carbocycles. The average Bonchev–Trinajstić information content (AvgIpc) is 2.42. The summed E-state index contributed by atoms with van der Waals surface area (Å²) in [4.78, 5) is 21.5. The second-order valence-electron chi connectivity index (χ2n) is 4.30. The smallest absolute Gasteiger partial charge is 0.320 e. The van der Waals surface area contributed by atoms with Gasteiger partial charge in [-0.05, 0) is 24.6 Å². The van der Waals surface area contributed by atoms with Gasteiger partial charge in [-0.3, -0.25) is 9.59 Å². The quantitative estimate of drug-likeness (QED) is 0.653. The summed E-state index contributed by atoms with van der Waals surface area (Å²) >= 11 is 6.07. The zero-order valence-corrected chi connectivity index (χ0v) is 12.4. The Hall–Kier alpha value is -1.99. The molecule has 1 atom stereocenters. The summed E-state index contributed by atoms with van der Waals surface area (Å²) in [7, 11) is 1.43. The Balaban J connectivity index is 2.87. The normalized spacial score (nSPS) is 11.8. The maximum absolute atomic E-state index is 10.7. The van der Waals surface area contributed by atoms with Gasteiger partial charge in [0.1, 0.15) is 6.04 Å². The largest absolute Gasteiger partial charge is 0.493 e. The summed E-state index contributed by atoms with van der Waals surface area (Å²) < 4.78 is 10.3. The lowest BCUT2D eigenvalue weighted by Crippen LogP contribution is -2.33. The molecule has 0 saturated heterocycles. The van der Waals surface area contributed by atoms with Crippen molar-refractivity contribution in [3.05, 3.63) is 22.7 Å². The number of carboxylic acids is 1. The number of methoxy groups -OCH3 is 1. The Morgan fingerprint density at radius 1 is 1.48 bits per heavy atom. The molecular formula is C13H17ClN2O5. The van der Waals surface area contributed by atoms with Crippen LogP contribution in [0.1, 0.15) is 12.5 Å². The Labute approximate surface area is 127 Å². The molecule has 0 heterocycles. The minimum atomic E-state index is -0.950. The highest BCUT2D eigenvalue weighted by atomic mass is 35.5. The molecule has 4 N–H and O–H groups in total. The summed E-state index contributed by atoms with van der Waals surface area (Å²) in [6.45, 7) is 1.51. The van der Waals surface area contributed by atoms with E-state index in [1.54, 1.807) is 12.1 Å². The molecule has 21 heavy (non-hydrogen) atoms. The molecule has 7 nitrogen and oxygen atoms in total. The fourth-order valence-electron chi connectivity index (χ4n) is 1.52. The fraction of sp³-hybridized carbons (Fsp3) is 0.385. The SMILES string of the molecule is COc1cc(CNC(C)C(=O)O)cc(Cl)c1OCC(N)=O. The number of carboxylic acid groups (broad SMARTS) is 1. The van der Waals surface area contributed by atoms with E-state index in [-0.39, 0.29) is 17.4 Å². The van der Waals surface area contributed by atoms with E-state index in [4.69, 9.17) is 31.9 Å². The van der Waals surface area contributed by atoms with Crippen LogP contribution in [0.4, 0.5) is 0 Å². The van der Waals surface area contributed by atoms with E-state index in [1.165, 1.54) is 14.0 Å². The van der Waals surface area contributed by atoms with Gasteiger partial charge in [-0.1, -0.05) is 11.6 Å². The van der Waals surface area contributed by atoms with Crippen LogP contribution in [0, 0.1) is 0 Å². The van der Waals surface area contributed by atoms with Crippen molar-refractivity contribution in [3.8, 4) is 11.5 Å². The number of nitrogens with one attached hydrogen (secondary N) is 1. The first-order valence-electron chi connectivity index (χ1n) is 6.08. The standard InChI is InChI=1S/C13H17ClN2O5/c1-7(13(18)19)16-5-8-3-9(14)12(10(4-8)20-2)21-6-11(15)17/h3-4,7,16H,5-6H2,1-2H3,(H2,15,17)(H,18,19). The van der Waals surface area contributed by atoms with E-state index in [1.807, 2.05) is 0 Å². The van der Waals surface area contributed by atoms with Crippen molar-refractivity contribution < 1.29 is 24.2 Å². The fourth-order valence-corrected chi connectivity index (χ4v) is 1.80. The molecule has 1 amide bonds. The van der Waals surface area contributed by atoms with Gasteiger partial charge in [-0.15, -0.1) is 0 Å². The number of carbonyl (C=O) groups is 2. The van der Waals surface area contributed by atoms with Crippen LogP contribution in [0.5, 0.6) is 11.5 Å². The van der Waals surface area contributed by atoms with E-state index in [9.17, 15) is 9.59 Å². The lowest BCUT2D eigenvalue weighted by Gasteiger charge is -2.14. The number of ether oxygens (including phenoxy) is 2. The molecule has 1 rings (SSSR count). The molecule has 1 unspecified atom stereocenters. The van der Waals surface area contributed by atoms with Crippen LogP contribution in [0.3, 0.4) is 0 Å². The van der Waals surface area contributed by atoms with E-state index in [0.29, 0.717) is 12.3 Å². The number of nitrogens with two attached hydrogens (primary N) is 1. The Kier molecular flexibility index (Phi) is 6.26. The minimum Gasteiger partial charge on any atom is -0.493 e. The summed E-state index contributed by atoms with van der Waals surface area (Å²) in [5.41, 5.74) is 5.73. The number of benzene rings is 1. The Bertz CT molecular complexity index is 536. The van der Waals surface area contributed by atoms with Gasteiger partial charge < -0.3 is 25.6 Å². The van der Waals surface area contributed by atoms with E-state index in [2.05, 4.69) is 5.32 Å². The van der Waals surface area contributed by atoms with Crippen LogP contribution < -0.4 is 20.5 Å². The molecule has 0 radical (unpaired) electrons. The third-order valence-corrected chi connectivity index (χ3v) is 2.91. The van der Waals surface area contributed by atoms with Gasteiger partial charge in [0.25, 0.3) is 5.91 Å². The van der Waals surface area contributed by atoms with Crippen molar-refractivity contribution in [2.24, 2.45) is 5.73 Å². The molecule has 0 saturated carbocycles. The van der Waals surface area contributed by atoms with Gasteiger partial charge in [0.2, 0.25) is 0 Å². The average molecular weight is 317 g/mol. The van der Waals surface area contributed by atoms with Crippen molar-refractivity contribution >= 4 is 23.5 Å². The molecule has 0 aliphatic carbocycles. The monoisotopic (exact) mass is 316 g/mol. The molecule has 0 bridgehead atoms. The van der Waals surface area contributed by atoms with Crippen molar-refractivity contribution in [1.82, 2.24) is 5.32 Å². The van der Waals surface area contributed by atoms with Crippen molar-refractivity contribution in [2.75, 3.05) is 13.7 Å². The van der Waals surface area contributed by atoms with Gasteiger partial charge in [-0.25, -0.2) is 0 Å². The zero-order chi connectivity index (χ0) is 16.0. The molecule has 0 aliphatic heterocycles. The topological polar surface area (TPSA) is 111 Å². The summed E-state index contributed by atoms with van der Waals surface area (Å²) in [6, 6.07) is 2.55.